The normalized spacial score (nSPS) is 22.8. The minimum absolute atomic E-state index is 0.0472. The van der Waals surface area contributed by atoms with Gasteiger partial charge in [0.15, 0.2) is 0 Å². The molecule has 3 atom stereocenters. The van der Waals surface area contributed by atoms with E-state index in [-0.39, 0.29) is 41.6 Å². The maximum Gasteiger partial charge on any atom is 0.247 e. The second-order valence-corrected chi connectivity index (χ2v) is 9.33. The van der Waals surface area contributed by atoms with Crippen molar-refractivity contribution in [3.63, 3.8) is 0 Å². The van der Waals surface area contributed by atoms with Crippen LogP contribution in [0.1, 0.15) is 13.8 Å². The number of hydrogen-bond donors (Lipinski definition) is 2. The van der Waals surface area contributed by atoms with Gasteiger partial charge in [0.05, 0.1) is 6.61 Å². The van der Waals surface area contributed by atoms with Crippen LogP contribution in [0, 0.1) is 11.7 Å². The number of sulfonamides is 1. The first kappa shape index (κ1) is 21.7. The van der Waals surface area contributed by atoms with Gasteiger partial charge in [-0.1, -0.05) is 25.1 Å². The van der Waals surface area contributed by atoms with Crippen molar-refractivity contribution >= 4 is 10.0 Å². The van der Waals surface area contributed by atoms with Gasteiger partial charge in [-0.05, 0) is 49.4 Å². The molecular formula is C21H27FN2O4S. The Morgan fingerprint density at radius 2 is 2.00 bits per heavy atom. The zero-order valence-corrected chi connectivity index (χ0v) is 17.6. The quantitative estimate of drug-likeness (QED) is 0.774. The summed E-state index contributed by atoms with van der Waals surface area (Å²) in [5.74, 6) is -0.252. The highest BCUT2D eigenvalue weighted by Crippen LogP contribution is 2.36. The van der Waals surface area contributed by atoms with Crippen molar-refractivity contribution in [2.45, 2.75) is 30.9 Å². The largest absolute Gasteiger partial charge is 0.487 e. The van der Waals surface area contributed by atoms with Crippen LogP contribution >= 0.6 is 0 Å². The first-order chi connectivity index (χ1) is 13.8. The maximum absolute atomic E-state index is 13.7. The highest BCUT2D eigenvalue weighted by atomic mass is 32.2. The monoisotopic (exact) mass is 422 g/mol. The summed E-state index contributed by atoms with van der Waals surface area (Å²) in [6.07, 6.45) is -0.273. The zero-order valence-electron chi connectivity index (χ0n) is 16.8. The predicted molar refractivity (Wildman–Crippen MR) is 110 cm³/mol. The van der Waals surface area contributed by atoms with Crippen molar-refractivity contribution in [2.75, 3.05) is 26.7 Å². The average Bonchev–Trinajstić information content (AvgIpc) is 2.70. The van der Waals surface area contributed by atoms with E-state index in [0.29, 0.717) is 17.7 Å². The third-order valence-electron chi connectivity index (χ3n) is 5.23. The van der Waals surface area contributed by atoms with Crippen LogP contribution in [0.3, 0.4) is 0 Å². The average molecular weight is 423 g/mol. The number of nitrogens with zero attached hydrogens (tertiary/aromatic N) is 1. The van der Waals surface area contributed by atoms with Crippen LogP contribution < -0.4 is 10.1 Å². The first-order valence-corrected chi connectivity index (χ1v) is 11.1. The highest BCUT2D eigenvalue weighted by Gasteiger charge is 2.37. The summed E-state index contributed by atoms with van der Waals surface area (Å²) < 4.78 is 47.8. The number of fused-ring (bicyclic) bond motifs is 1. The maximum atomic E-state index is 13.7. The van der Waals surface area contributed by atoms with Crippen molar-refractivity contribution < 1.29 is 22.7 Å². The SMILES string of the molecule is CNC[C@H]1Oc2cc(-c3cccc(F)c3)ccc2S(=O)(=O)N([C@H](C)CO)C[C@@H]1C. The molecule has 0 bridgehead atoms. The molecule has 29 heavy (non-hydrogen) atoms. The van der Waals surface area contributed by atoms with Crippen molar-refractivity contribution in [2.24, 2.45) is 5.92 Å². The molecule has 1 aliphatic heterocycles. The molecule has 0 aliphatic carbocycles. The standard InChI is InChI=1S/C21H27FN2O4S/c1-14-12-24(15(2)13-25)29(26,27)21-8-7-17(16-5-4-6-18(22)9-16)10-19(21)28-20(14)11-23-3/h4-10,14-15,20,23,25H,11-13H2,1-3H3/t14-,15+,20+/m0/s1. The molecule has 6 nitrogen and oxygen atoms in total. The van der Waals surface area contributed by atoms with Crippen molar-refractivity contribution in [1.29, 1.82) is 0 Å². The summed E-state index contributed by atoms with van der Waals surface area (Å²) in [5.41, 5.74) is 1.30. The van der Waals surface area contributed by atoms with E-state index in [2.05, 4.69) is 5.32 Å². The van der Waals surface area contributed by atoms with Crippen LogP contribution in [-0.2, 0) is 10.0 Å². The molecule has 0 radical (unpaired) electrons. The van der Waals surface area contributed by atoms with E-state index in [1.807, 2.05) is 14.0 Å². The van der Waals surface area contributed by atoms with Gasteiger partial charge in [-0.3, -0.25) is 0 Å². The van der Waals surface area contributed by atoms with Gasteiger partial charge in [0.25, 0.3) is 0 Å². The third kappa shape index (κ3) is 4.45. The lowest BCUT2D eigenvalue weighted by Crippen LogP contribution is -2.49. The number of hydrogen-bond acceptors (Lipinski definition) is 5. The Hall–Kier alpha value is -2.00. The number of aliphatic hydroxyl groups is 1. The van der Waals surface area contributed by atoms with Gasteiger partial charge in [-0.15, -0.1) is 0 Å². The second-order valence-electron chi connectivity index (χ2n) is 7.47. The van der Waals surface area contributed by atoms with Crippen LogP contribution in [0.15, 0.2) is 47.4 Å². The second kappa shape index (κ2) is 8.79. The molecule has 2 N–H and O–H groups in total. The lowest BCUT2D eigenvalue weighted by molar-refractivity contribution is 0.103. The smallest absolute Gasteiger partial charge is 0.247 e. The molecule has 0 spiro atoms. The number of rotatable bonds is 5. The summed E-state index contributed by atoms with van der Waals surface area (Å²) in [4.78, 5) is 0.0472. The molecule has 1 aliphatic rings. The van der Waals surface area contributed by atoms with E-state index in [1.165, 1.54) is 22.5 Å². The van der Waals surface area contributed by atoms with E-state index in [1.54, 1.807) is 31.2 Å². The van der Waals surface area contributed by atoms with E-state index in [0.717, 1.165) is 0 Å². The fraction of sp³-hybridized carbons (Fsp3) is 0.429. The fourth-order valence-electron chi connectivity index (χ4n) is 3.52. The number of likely N-dealkylation sites (N-methyl/N-ethyl adjacent to an activating group) is 1. The summed E-state index contributed by atoms with van der Waals surface area (Å²) in [6.45, 7) is 4.10. The van der Waals surface area contributed by atoms with E-state index < -0.39 is 16.1 Å². The number of halogens is 1. The van der Waals surface area contributed by atoms with Gasteiger partial charge < -0.3 is 15.2 Å². The molecule has 0 fully saturated rings. The van der Waals surface area contributed by atoms with E-state index >= 15 is 0 Å². The molecule has 3 rings (SSSR count). The minimum atomic E-state index is -3.88. The Labute approximate surface area is 171 Å². The summed E-state index contributed by atoms with van der Waals surface area (Å²) in [6, 6.07) is 10.3. The molecule has 0 amide bonds. The van der Waals surface area contributed by atoms with Crippen molar-refractivity contribution in [3.8, 4) is 16.9 Å². The molecule has 8 heteroatoms. The molecule has 0 aromatic heterocycles. The van der Waals surface area contributed by atoms with Crippen LogP contribution in [0.2, 0.25) is 0 Å². The first-order valence-electron chi connectivity index (χ1n) is 9.62. The number of aliphatic hydroxyl groups excluding tert-OH is 1. The van der Waals surface area contributed by atoms with Crippen LogP contribution in [-0.4, -0.2) is 56.7 Å². The van der Waals surface area contributed by atoms with Gasteiger partial charge >= 0.3 is 0 Å². The van der Waals surface area contributed by atoms with Gasteiger partial charge in [0, 0.05) is 25.0 Å². The molecule has 0 unspecified atom stereocenters. The zero-order chi connectivity index (χ0) is 21.2. The molecule has 158 valence electrons. The number of nitrogens with one attached hydrogen (secondary N) is 1. The van der Waals surface area contributed by atoms with Crippen LogP contribution in [0.4, 0.5) is 4.39 Å². The summed E-state index contributed by atoms with van der Waals surface area (Å²) in [5, 5.41) is 12.7. The fourth-order valence-corrected chi connectivity index (χ4v) is 5.34. The molecule has 2 aromatic carbocycles. The van der Waals surface area contributed by atoms with Crippen molar-refractivity contribution in [3.05, 3.63) is 48.3 Å². The summed E-state index contributed by atoms with van der Waals surface area (Å²) >= 11 is 0. The lowest BCUT2D eigenvalue weighted by Gasteiger charge is -2.36. The van der Waals surface area contributed by atoms with E-state index in [4.69, 9.17) is 4.74 Å². The highest BCUT2D eigenvalue weighted by molar-refractivity contribution is 7.89. The van der Waals surface area contributed by atoms with Gasteiger partial charge in [-0.2, -0.15) is 4.31 Å². The number of benzene rings is 2. The lowest BCUT2D eigenvalue weighted by atomic mass is 10.0. The van der Waals surface area contributed by atoms with Gasteiger partial charge in [-0.25, -0.2) is 12.8 Å². The Morgan fingerprint density at radius 3 is 2.66 bits per heavy atom. The Bertz CT molecular complexity index is 967. The van der Waals surface area contributed by atoms with Crippen molar-refractivity contribution in [1.82, 2.24) is 9.62 Å². The molecular weight excluding hydrogens is 395 g/mol. The van der Waals surface area contributed by atoms with Crippen LogP contribution in [0.5, 0.6) is 5.75 Å². The third-order valence-corrected chi connectivity index (χ3v) is 7.25. The molecule has 0 saturated carbocycles. The minimum Gasteiger partial charge on any atom is -0.487 e. The topological polar surface area (TPSA) is 78.9 Å². The predicted octanol–water partition coefficient (Wildman–Crippen LogP) is 2.48. The van der Waals surface area contributed by atoms with Gasteiger partial charge in [0.1, 0.15) is 22.6 Å². The summed E-state index contributed by atoms with van der Waals surface area (Å²) in [7, 11) is -2.07. The number of ether oxygens (including phenoxy) is 1. The van der Waals surface area contributed by atoms with E-state index in [9.17, 15) is 17.9 Å². The Morgan fingerprint density at radius 1 is 1.28 bits per heavy atom. The Kier molecular flexibility index (Phi) is 6.58. The molecule has 1 heterocycles. The van der Waals surface area contributed by atoms with Gasteiger partial charge in [0.2, 0.25) is 10.0 Å². The Balaban J connectivity index is 2.15. The molecule has 0 saturated heterocycles. The molecule has 2 aromatic rings. The van der Waals surface area contributed by atoms with Crippen LogP contribution in [0.25, 0.3) is 11.1 Å².